The van der Waals surface area contributed by atoms with Crippen LogP contribution in [0.5, 0.6) is 0 Å². The Kier molecular flexibility index (Phi) is 1.64. The van der Waals surface area contributed by atoms with Crippen molar-refractivity contribution in [3.05, 3.63) is 44.7 Å². The molecule has 0 saturated carbocycles. The Bertz CT molecular complexity index is 565. The lowest BCUT2D eigenvalue weighted by molar-refractivity contribution is 1.41. The van der Waals surface area contributed by atoms with E-state index in [0.717, 1.165) is 0 Å². The van der Waals surface area contributed by atoms with E-state index in [0.29, 0.717) is 11.3 Å². The van der Waals surface area contributed by atoms with Crippen molar-refractivity contribution in [1.82, 2.24) is 0 Å². The first kappa shape index (κ1) is 8.50. The van der Waals surface area contributed by atoms with Gasteiger partial charge in [-0.25, -0.2) is 0 Å². The fourth-order valence-electron chi connectivity index (χ4n) is 1.40. The topological polar surface area (TPSA) is 86.2 Å². The number of benzene rings is 1. The van der Waals surface area contributed by atoms with E-state index >= 15 is 0 Å². The first-order chi connectivity index (χ1) is 6.63. The second-order valence-corrected chi connectivity index (χ2v) is 3.03. The maximum absolute atomic E-state index is 11.2. The van der Waals surface area contributed by atoms with Gasteiger partial charge in [-0.1, -0.05) is 18.2 Å². The molecule has 0 aliphatic heterocycles. The van der Waals surface area contributed by atoms with Gasteiger partial charge in [-0.3, -0.25) is 9.59 Å². The molecule has 0 spiro atoms. The maximum Gasteiger partial charge on any atom is 0.249 e. The Morgan fingerprint density at radius 3 is 2.14 bits per heavy atom. The Balaban J connectivity index is 2.69. The van der Waals surface area contributed by atoms with E-state index < -0.39 is 10.9 Å². The molecule has 0 unspecified atom stereocenters. The number of nitrogen functional groups attached to an aromatic ring is 2. The van der Waals surface area contributed by atoms with E-state index in [1.165, 1.54) is 0 Å². The zero-order valence-corrected chi connectivity index (χ0v) is 7.28. The van der Waals surface area contributed by atoms with E-state index in [1.54, 1.807) is 24.3 Å². The van der Waals surface area contributed by atoms with Crippen molar-refractivity contribution in [3.8, 4) is 11.1 Å². The first-order valence-electron chi connectivity index (χ1n) is 4.06. The molecule has 70 valence electrons. The van der Waals surface area contributed by atoms with Gasteiger partial charge in [-0.15, -0.1) is 0 Å². The molecule has 2 aromatic rings. The van der Waals surface area contributed by atoms with Crippen LogP contribution in [0.25, 0.3) is 11.1 Å². The molecule has 0 aliphatic carbocycles. The molecule has 0 atom stereocenters. The third kappa shape index (κ3) is 0.939. The van der Waals surface area contributed by atoms with Crippen LogP contribution in [0.3, 0.4) is 0 Å². The smallest absolute Gasteiger partial charge is 0.249 e. The average Bonchev–Trinajstić information content (AvgIpc) is 2.21. The Hall–Kier alpha value is -2.10. The fraction of sp³-hybridized carbons (Fsp3) is 0. The van der Waals surface area contributed by atoms with E-state index in [4.69, 9.17) is 11.5 Å². The van der Waals surface area contributed by atoms with Crippen LogP contribution in [0, 0.1) is 0 Å². The quantitative estimate of drug-likeness (QED) is 0.491. The average molecular weight is 188 g/mol. The second kappa shape index (κ2) is 2.70. The number of hydrogen-bond acceptors (Lipinski definition) is 4. The molecule has 0 aromatic heterocycles. The monoisotopic (exact) mass is 188 g/mol. The van der Waals surface area contributed by atoms with Crippen LogP contribution in [-0.2, 0) is 0 Å². The van der Waals surface area contributed by atoms with Gasteiger partial charge < -0.3 is 11.5 Å². The third-order valence-corrected chi connectivity index (χ3v) is 2.18. The van der Waals surface area contributed by atoms with Crippen molar-refractivity contribution in [3.63, 3.8) is 0 Å². The highest BCUT2D eigenvalue weighted by molar-refractivity contribution is 5.86. The third-order valence-electron chi connectivity index (χ3n) is 2.18. The molecule has 0 fully saturated rings. The lowest BCUT2D eigenvalue weighted by atomic mass is 9.98. The molecule has 14 heavy (non-hydrogen) atoms. The van der Waals surface area contributed by atoms with Crippen molar-refractivity contribution in [2.75, 3.05) is 11.5 Å². The molecule has 4 heteroatoms. The lowest BCUT2D eigenvalue weighted by Crippen LogP contribution is -2.36. The van der Waals surface area contributed by atoms with Crippen LogP contribution in [0.2, 0.25) is 0 Å². The van der Waals surface area contributed by atoms with Crippen LogP contribution in [0.1, 0.15) is 0 Å². The molecule has 0 amide bonds. The van der Waals surface area contributed by atoms with Crippen molar-refractivity contribution in [1.29, 1.82) is 0 Å². The van der Waals surface area contributed by atoms with Gasteiger partial charge >= 0.3 is 0 Å². The van der Waals surface area contributed by atoms with Crippen LogP contribution >= 0.6 is 0 Å². The summed E-state index contributed by atoms with van der Waals surface area (Å²) >= 11 is 0. The van der Waals surface area contributed by atoms with Crippen molar-refractivity contribution in [2.45, 2.75) is 0 Å². The number of anilines is 2. The first-order valence-corrected chi connectivity index (χ1v) is 4.06. The number of nitrogens with two attached hydrogens (primary N) is 2. The molecular weight excluding hydrogens is 180 g/mol. The van der Waals surface area contributed by atoms with Gasteiger partial charge in [0.25, 0.3) is 0 Å². The van der Waals surface area contributed by atoms with Gasteiger partial charge in [0, 0.05) is 11.3 Å². The second-order valence-electron chi connectivity index (χ2n) is 3.03. The highest BCUT2D eigenvalue weighted by atomic mass is 16.2. The predicted molar refractivity (Wildman–Crippen MR) is 55.6 cm³/mol. The summed E-state index contributed by atoms with van der Waals surface area (Å²) in [6.07, 6.45) is 0. The molecule has 4 nitrogen and oxygen atoms in total. The van der Waals surface area contributed by atoms with Gasteiger partial charge in [0.1, 0.15) is 0 Å². The minimum Gasteiger partial charge on any atom is -0.398 e. The van der Waals surface area contributed by atoms with Gasteiger partial charge in [0.15, 0.2) is 0 Å². The zero-order valence-electron chi connectivity index (χ0n) is 7.28. The number of rotatable bonds is 1. The van der Waals surface area contributed by atoms with Crippen LogP contribution in [0.15, 0.2) is 33.9 Å². The van der Waals surface area contributed by atoms with Crippen LogP contribution in [0.4, 0.5) is 11.4 Å². The molecule has 0 bridgehead atoms. The summed E-state index contributed by atoms with van der Waals surface area (Å²) < 4.78 is 0. The number of hydrogen-bond donors (Lipinski definition) is 2. The molecule has 0 saturated heterocycles. The summed E-state index contributed by atoms with van der Waals surface area (Å²) in [5.74, 6) is 0. The molecule has 2 aromatic carbocycles. The minimum absolute atomic E-state index is 0.00731. The van der Waals surface area contributed by atoms with Crippen molar-refractivity contribution >= 4 is 11.4 Å². The standard InChI is InChI=1S/C10H8N2O2/c11-6-4-2-1-3-5(6)7-8(12)10(14)9(7)13/h1-4H,11-12H2. The molecule has 0 aliphatic rings. The van der Waals surface area contributed by atoms with Crippen LogP contribution < -0.4 is 22.3 Å². The summed E-state index contributed by atoms with van der Waals surface area (Å²) in [6.45, 7) is 0. The molecule has 0 heterocycles. The fourth-order valence-corrected chi connectivity index (χ4v) is 1.40. The Morgan fingerprint density at radius 1 is 0.929 bits per heavy atom. The van der Waals surface area contributed by atoms with Crippen LogP contribution in [-0.4, -0.2) is 0 Å². The summed E-state index contributed by atoms with van der Waals surface area (Å²) in [5.41, 5.74) is 11.1. The molecule has 4 N–H and O–H groups in total. The summed E-state index contributed by atoms with van der Waals surface area (Å²) in [6, 6.07) is 6.82. The normalized spacial score (nSPS) is 10.6. The lowest BCUT2D eigenvalue weighted by Gasteiger charge is -2.08. The predicted octanol–water partition coefficient (Wildman–Crippen LogP) is 0.114. The van der Waals surface area contributed by atoms with Crippen molar-refractivity contribution in [2.24, 2.45) is 0 Å². The maximum atomic E-state index is 11.2. The Morgan fingerprint density at radius 2 is 1.57 bits per heavy atom. The highest BCUT2D eigenvalue weighted by Gasteiger charge is 2.20. The van der Waals surface area contributed by atoms with Gasteiger partial charge in [0.05, 0.1) is 11.3 Å². The van der Waals surface area contributed by atoms with E-state index in [-0.39, 0.29) is 11.3 Å². The minimum atomic E-state index is -0.622. The Labute approximate surface area is 79.5 Å². The largest absolute Gasteiger partial charge is 0.398 e. The molecule has 2 rings (SSSR count). The van der Waals surface area contributed by atoms with Crippen molar-refractivity contribution < 1.29 is 0 Å². The van der Waals surface area contributed by atoms with E-state index in [1.807, 2.05) is 0 Å². The highest BCUT2D eigenvalue weighted by Crippen LogP contribution is 2.26. The van der Waals surface area contributed by atoms with Gasteiger partial charge in [0.2, 0.25) is 10.9 Å². The van der Waals surface area contributed by atoms with Gasteiger partial charge in [-0.05, 0) is 6.07 Å². The molecular formula is C10H8N2O2. The zero-order chi connectivity index (χ0) is 10.3. The summed E-state index contributed by atoms with van der Waals surface area (Å²) in [4.78, 5) is 22.1. The summed E-state index contributed by atoms with van der Waals surface area (Å²) in [5, 5.41) is 0. The summed E-state index contributed by atoms with van der Waals surface area (Å²) in [7, 11) is 0. The molecule has 0 radical (unpaired) electrons. The van der Waals surface area contributed by atoms with Gasteiger partial charge in [-0.2, -0.15) is 0 Å². The number of para-hydroxylation sites is 1. The van der Waals surface area contributed by atoms with E-state index in [9.17, 15) is 9.59 Å². The van der Waals surface area contributed by atoms with E-state index in [2.05, 4.69) is 0 Å². The SMILES string of the molecule is Nc1ccccc1-c1c(N)c(=O)c1=O.